The Balaban J connectivity index is 0.00000113. The number of nitrogens with one attached hydrogen (secondary N) is 1. The first-order chi connectivity index (χ1) is 11.3. The van der Waals surface area contributed by atoms with Gasteiger partial charge in [-0.2, -0.15) is 0 Å². The van der Waals surface area contributed by atoms with Gasteiger partial charge in [0, 0.05) is 12.1 Å². The zero-order chi connectivity index (χ0) is 15.6. The maximum absolute atomic E-state index is 10.7. The molecule has 2 heterocycles. The highest BCUT2D eigenvalue weighted by atomic mass is 35.5. The summed E-state index contributed by atoms with van der Waals surface area (Å²) in [7, 11) is 0. The number of aliphatic hydroxyl groups is 1. The molecule has 2 saturated heterocycles. The zero-order valence-corrected chi connectivity index (χ0v) is 16.5. The molecule has 5 heteroatoms. The Hall–Kier alpha value is -0.320. The van der Waals surface area contributed by atoms with Gasteiger partial charge in [-0.05, 0) is 75.6 Å². The van der Waals surface area contributed by atoms with Gasteiger partial charge < -0.3 is 10.4 Å². The van der Waals surface area contributed by atoms with Gasteiger partial charge in [0.1, 0.15) is 0 Å². The highest BCUT2D eigenvalue weighted by Crippen LogP contribution is 2.36. The Morgan fingerprint density at radius 2 is 1.68 bits per heavy atom. The second kappa shape index (κ2) is 9.57. The number of rotatable bonds is 2. The van der Waals surface area contributed by atoms with Gasteiger partial charge in [-0.3, -0.25) is 4.90 Å². The van der Waals surface area contributed by atoms with E-state index in [1.807, 2.05) is 0 Å². The van der Waals surface area contributed by atoms with Crippen LogP contribution in [0, 0.1) is 5.92 Å². The number of aliphatic hydroxyl groups excluding tert-OH is 1. The van der Waals surface area contributed by atoms with E-state index < -0.39 is 0 Å². The lowest BCUT2D eigenvalue weighted by molar-refractivity contribution is -0.0255. The third-order valence-corrected chi connectivity index (χ3v) is 6.48. The molecular formula is C20H32Cl2N2O. The van der Waals surface area contributed by atoms with E-state index in [9.17, 15) is 5.11 Å². The fourth-order valence-electron chi connectivity index (χ4n) is 5.14. The minimum Gasteiger partial charge on any atom is -0.391 e. The summed E-state index contributed by atoms with van der Waals surface area (Å²) in [4.78, 5) is 2.59. The van der Waals surface area contributed by atoms with Crippen molar-refractivity contribution in [3.05, 3.63) is 35.9 Å². The molecule has 1 saturated carbocycles. The van der Waals surface area contributed by atoms with E-state index in [-0.39, 0.29) is 30.9 Å². The Bertz CT molecular complexity index is 508. The van der Waals surface area contributed by atoms with Crippen molar-refractivity contribution in [2.24, 2.45) is 5.92 Å². The van der Waals surface area contributed by atoms with Crippen LogP contribution in [0.2, 0.25) is 0 Å². The van der Waals surface area contributed by atoms with Gasteiger partial charge in [0.15, 0.2) is 0 Å². The average Bonchev–Trinajstić information content (AvgIpc) is 2.62. The van der Waals surface area contributed by atoms with Gasteiger partial charge in [0.2, 0.25) is 0 Å². The van der Waals surface area contributed by atoms with Crippen molar-refractivity contribution in [1.82, 2.24) is 10.2 Å². The summed E-state index contributed by atoms with van der Waals surface area (Å²) in [5.41, 5.74) is 1.49. The van der Waals surface area contributed by atoms with Crippen LogP contribution in [0.4, 0.5) is 0 Å². The lowest BCUT2D eigenvalue weighted by Gasteiger charge is -2.48. The van der Waals surface area contributed by atoms with Crippen molar-refractivity contribution < 1.29 is 5.11 Å². The van der Waals surface area contributed by atoms with Gasteiger partial charge >= 0.3 is 0 Å². The molecule has 3 fully saturated rings. The smallest absolute Gasteiger partial charge is 0.0710 e. The Morgan fingerprint density at radius 1 is 0.960 bits per heavy atom. The van der Waals surface area contributed by atoms with E-state index >= 15 is 0 Å². The van der Waals surface area contributed by atoms with Crippen molar-refractivity contribution in [2.45, 2.75) is 62.6 Å². The molecule has 0 amide bonds. The maximum Gasteiger partial charge on any atom is 0.0710 e. The molecule has 1 aliphatic carbocycles. The van der Waals surface area contributed by atoms with Crippen LogP contribution in [0.1, 0.15) is 50.0 Å². The maximum atomic E-state index is 10.7. The Morgan fingerprint density at radius 3 is 2.40 bits per heavy atom. The second-order valence-electron chi connectivity index (χ2n) is 7.79. The Labute approximate surface area is 164 Å². The second-order valence-corrected chi connectivity index (χ2v) is 7.79. The SMILES string of the molecule is Cl.Cl.OC1CC2NCCCC2CC1N1CCC(c2ccccc2)CC1. The molecule has 1 aromatic rings. The van der Waals surface area contributed by atoms with Crippen LogP contribution in [0.25, 0.3) is 0 Å². The normalized spacial score (nSPS) is 33.6. The fourth-order valence-corrected chi connectivity index (χ4v) is 5.14. The van der Waals surface area contributed by atoms with Crippen molar-refractivity contribution in [3.63, 3.8) is 0 Å². The first kappa shape index (κ1) is 21.0. The summed E-state index contributed by atoms with van der Waals surface area (Å²) in [5, 5.41) is 14.3. The monoisotopic (exact) mass is 386 g/mol. The van der Waals surface area contributed by atoms with Crippen LogP contribution < -0.4 is 5.32 Å². The van der Waals surface area contributed by atoms with E-state index in [0.717, 1.165) is 32.0 Å². The third kappa shape index (κ3) is 4.70. The molecule has 3 nitrogen and oxygen atoms in total. The van der Waals surface area contributed by atoms with E-state index in [1.165, 1.54) is 37.7 Å². The summed E-state index contributed by atoms with van der Waals surface area (Å²) >= 11 is 0. The number of likely N-dealkylation sites (tertiary alicyclic amines) is 1. The van der Waals surface area contributed by atoms with Gasteiger partial charge in [-0.15, -0.1) is 24.8 Å². The van der Waals surface area contributed by atoms with Gasteiger partial charge in [0.05, 0.1) is 6.10 Å². The van der Waals surface area contributed by atoms with Gasteiger partial charge in [-0.25, -0.2) is 0 Å². The van der Waals surface area contributed by atoms with Crippen LogP contribution in [-0.4, -0.2) is 47.8 Å². The number of hydrogen-bond acceptors (Lipinski definition) is 3. The van der Waals surface area contributed by atoms with Crippen LogP contribution >= 0.6 is 24.8 Å². The lowest BCUT2D eigenvalue weighted by atomic mass is 9.74. The molecule has 1 aromatic carbocycles. The molecule has 0 spiro atoms. The molecule has 0 bridgehead atoms. The molecule has 0 aromatic heterocycles. The van der Waals surface area contributed by atoms with Crippen LogP contribution in [0.3, 0.4) is 0 Å². The van der Waals surface area contributed by atoms with E-state index in [1.54, 1.807) is 0 Å². The first-order valence-electron chi connectivity index (χ1n) is 9.51. The topological polar surface area (TPSA) is 35.5 Å². The molecule has 2 N–H and O–H groups in total. The number of piperidine rings is 2. The van der Waals surface area contributed by atoms with Crippen molar-refractivity contribution in [2.75, 3.05) is 19.6 Å². The minimum atomic E-state index is -0.143. The number of hydrogen-bond donors (Lipinski definition) is 2. The summed E-state index contributed by atoms with van der Waals surface area (Å²) in [6.45, 7) is 3.43. The van der Waals surface area contributed by atoms with E-state index in [4.69, 9.17) is 0 Å². The molecule has 3 aliphatic rings. The zero-order valence-electron chi connectivity index (χ0n) is 14.8. The standard InChI is InChI=1S/C20H30N2O.2ClH/c23-20-14-18-17(7-4-10-21-18)13-19(20)22-11-8-16(9-12-22)15-5-2-1-3-6-15;;/h1-3,5-6,16-21,23H,4,7-14H2;2*1H. The average molecular weight is 387 g/mol. The van der Waals surface area contributed by atoms with Crippen molar-refractivity contribution in [3.8, 4) is 0 Å². The predicted molar refractivity (Wildman–Crippen MR) is 108 cm³/mol. The van der Waals surface area contributed by atoms with Crippen molar-refractivity contribution in [1.29, 1.82) is 0 Å². The summed E-state index contributed by atoms with van der Waals surface area (Å²) < 4.78 is 0. The number of nitrogens with zero attached hydrogens (tertiary/aromatic N) is 1. The van der Waals surface area contributed by atoms with Gasteiger partial charge in [0.25, 0.3) is 0 Å². The summed E-state index contributed by atoms with van der Waals surface area (Å²) in [6.07, 6.45) is 7.12. The quantitative estimate of drug-likeness (QED) is 0.814. The highest BCUT2D eigenvalue weighted by molar-refractivity contribution is 5.85. The van der Waals surface area contributed by atoms with Crippen LogP contribution in [0.5, 0.6) is 0 Å². The lowest BCUT2D eigenvalue weighted by Crippen LogP contribution is -2.57. The fraction of sp³-hybridized carbons (Fsp3) is 0.700. The summed E-state index contributed by atoms with van der Waals surface area (Å²) in [6, 6.07) is 11.9. The minimum absolute atomic E-state index is 0. The molecule has 4 unspecified atom stereocenters. The van der Waals surface area contributed by atoms with Crippen LogP contribution in [0.15, 0.2) is 30.3 Å². The van der Waals surface area contributed by atoms with E-state index in [0.29, 0.717) is 18.0 Å². The van der Waals surface area contributed by atoms with Crippen LogP contribution in [-0.2, 0) is 0 Å². The summed E-state index contributed by atoms with van der Waals surface area (Å²) in [5.74, 6) is 1.49. The predicted octanol–water partition coefficient (Wildman–Crippen LogP) is 3.60. The molecule has 2 aliphatic heterocycles. The molecule has 25 heavy (non-hydrogen) atoms. The highest BCUT2D eigenvalue weighted by Gasteiger charge is 2.40. The third-order valence-electron chi connectivity index (χ3n) is 6.48. The largest absolute Gasteiger partial charge is 0.391 e. The molecule has 4 rings (SSSR count). The Kier molecular flexibility index (Phi) is 8.03. The number of fused-ring (bicyclic) bond motifs is 1. The molecule has 142 valence electrons. The van der Waals surface area contributed by atoms with Gasteiger partial charge in [-0.1, -0.05) is 30.3 Å². The van der Waals surface area contributed by atoms with Crippen molar-refractivity contribution >= 4 is 24.8 Å². The first-order valence-corrected chi connectivity index (χ1v) is 9.51. The molecule has 4 atom stereocenters. The number of benzene rings is 1. The molecule has 0 radical (unpaired) electrons. The van der Waals surface area contributed by atoms with E-state index in [2.05, 4.69) is 40.5 Å². The molecular weight excluding hydrogens is 355 g/mol. The number of halogens is 2.